The SMILES string of the molecule is COc1cc(CCNC(=O)c2ccc(CN)cc2)ccc1C. The van der Waals surface area contributed by atoms with Crippen LogP contribution in [0.1, 0.15) is 27.0 Å². The Bertz CT molecular complexity index is 636. The summed E-state index contributed by atoms with van der Waals surface area (Å²) in [4.78, 5) is 12.0. The molecule has 2 rings (SSSR count). The van der Waals surface area contributed by atoms with Gasteiger partial charge in [-0.15, -0.1) is 0 Å². The van der Waals surface area contributed by atoms with Crippen molar-refractivity contribution in [2.24, 2.45) is 5.73 Å². The molecule has 0 spiro atoms. The number of benzene rings is 2. The fraction of sp³-hybridized carbons (Fsp3) is 0.278. The number of methoxy groups -OCH3 is 1. The van der Waals surface area contributed by atoms with Crippen LogP contribution in [0.5, 0.6) is 5.75 Å². The number of nitrogens with one attached hydrogen (secondary N) is 1. The van der Waals surface area contributed by atoms with Crippen molar-refractivity contribution in [2.75, 3.05) is 13.7 Å². The highest BCUT2D eigenvalue weighted by Gasteiger charge is 2.05. The summed E-state index contributed by atoms with van der Waals surface area (Å²) in [5.41, 5.74) is 9.46. The van der Waals surface area contributed by atoms with E-state index in [1.807, 2.05) is 31.2 Å². The van der Waals surface area contributed by atoms with Crippen LogP contribution in [0.15, 0.2) is 42.5 Å². The summed E-state index contributed by atoms with van der Waals surface area (Å²) < 4.78 is 5.31. The van der Waals surface area contributed by atoms with Crippen LogP contribution >= 0.6 is 0 Å². The highest BCUT2D eigenvalue weighted by atomic mass is 16.5. The van der Waals surface area contributed by atoms with Crippen LogP contribution in [0.4, 0.5) is 0 Å². The number of carbonyl (C=O) groups excluding carboxylic acids is 1. The molecule has 0 fully saturated rings. The molecule has 2 aromatic carbocycles. The zero-order valence-corrected chi connectivity index (χ0v) is 13.1. The van der Waals surface area contributed by atoms with E-state index in [4.69, 9.17) is 10.5 Å². The van der Waals surface area contributed by atoms with Crippen molar-refractivity contribution < 1.29 is 9.53 Å². The molecule has 0 heterocycles. The first-order valence-corrected chi connectivity index (χ1v) is 7.34. The van der Waals surface area contributed by atoms with Gasteiger partial charge in [0.25, 0.3) is 5.91 Å². The van der Waals surface area contributed by atoms with Crippen molar-refractivity contribution in [1.29, 1.82) is 0 Å². The Kier molecular flexibility index (Phi) is 5.55. The number of ether oxygens (including phenoxy) is 1. The van der Waals surface area contributed by atoms with Gasteiger partial charge in [-0.3, -0.25) is 4.79 Å². The number of rotatable bonds is 6. The Morgan fingerprint density at radius 1 is 1.14 bits per heavy atom. The minimum atomic E-state index is -0.0670. The lowest BCUT2D eigenvalue weighted by Crippen LogP contribution is -2.25. The second-order valence-electron chi connectivity index (χ2n) is 5.21. The molecule has 3 N–H and O–H groups in total. The highest BCUT2D eigenvalue weighted by Crippen LogP contribution is 2.19. The number of carbonyl (C=O) groups is 1. The molecule has 0 unspecified atom stereocenters. The van der Waals surface area contributed by atoms with Gasteiger partial charge in [-0.2, -0.15) is 0 Å². The predicted molar refractivity (Wildman–Crippen MR) is 88.1 cm³/mol. The Morgan fingerprint density at radius 3 is 2.45 bits per heavy atom. The van der Waals surface area contributed by atoms with E-state index in [1.54, 1.807) is 19.2 Å². The van der Waals surface area contributed by atoms with Crippen molar-refractivity contribution in [1.82, 2.24) is 5.32 Å². The average Bonchev–Trinajstić information content (AvgIpc) is 2.56. The third-order valence-electron chi connectivity index (χ3n) is 3.62. The van der Waals surface area contributed by atoms with E-state index in [0.717, 1.165) is 28.9 Å². The molecule has 116 valence electrons. The maximum Gasteiger partial charge on any atom is 0.251 e. The standard InChI is InChI=1S/C18H22N2O2/c1-13-3-4-14(11-17(13)22-2)9-10-20-18(21)16-7-5-15(12-19)6-8-16/h3-8,11H,9-10,12,19H2,1-2H3,(H,20,21). The van der Waals surface area contributed by atoms with Gasteiger partial charge in [0.2, 0.25) is 0 Å². The molecule has 0 radical (unpaired) electrons. The third kappa shape index (κ3) is 4.09. The lowest BCUT2D eigenvalue weighted by Gasteiger charge is -2.09. The second kappa shape index (κ2) is 7.61. The smallest absolute Gasteiger partial charge is 0.251 e. The molecule has 2 aromatic rings. The Labute approximate surface area is 131 Å². The van der Waals surface area contributed by atoms with E-state index in [-0.39, 0.29) is 5.91 Å². The quantitative estimate of drug-likeness (QED) is 0.861. The number of amides is 1. The average molecular weight is 298 g/mol. The maximum atomic E-state index is 12.0. The van der Waals surface area contributed by atoms with E-state index in [0.29, 0.717) is 18.7 Å². The molecule has 0 aromatic heterocycles. The van der Waals surface area contributed by atoms with Crippen LogP contribution in [-0.2, 0) is 13.0 Å². The van der Waals surface area contributed by atoms with E-state index in [9.17, 15) is 4.79 Å². The minimum absolute atomic E-state index is 0.0670. The lowest BCUT2D eigenvalue weighted by molar-refractivity contribution is 0.0954. The molecule has 4 heteroatoms. The van der Waals surface area contributed by atoms with Crippen LogP contribution in [0, 0.1) is 6.92 Å². The van der Waals surface area contributed by atoms with Crippen molar-refractivity contribution in [3.8, 4) is 5.75 Å². The number of nitrogens with two attached hydrogens (primary N) is 1. The molecule has 0 aliphatic heterocycles. The van der Waals surface area contributed by atoms with E-state index >= 15 is 0 Å². The van der Waals surface area contributed by atoms with Crippen LogP contribution in [0.3, 0.4) is 0 Å². The van der Waals surface area contributed by atoms with Crippen LogP contribution in [0.2, 0.25) is 0 Å². The Balaban J connectivity index is 1.88. The molecule has 0 aliphatic carbocycles. The first kappa shape index (κ1) is 16.0. The summed E-state index contributed by atoms with van der Waals surface area (Å²) >= 11 is 0. The number of hydrogen-bond donors (Lipinski definition) is 2. The zero-order chi connectivity index (χ0) is 15.9. The Morgan fingerprint density at radius 2 is 1.82 bits per heavy atom. The van der Waals surface area contributed by atoms with Crippen LogP contribution in [0.25, 0.3) is 0 Å². The van der Waals surface area contributed by atoms with Gasteiger partial charge in [0.15, 0.2) is 0 Å². The summed E-state index contributed by atoms with van der Waals surface area (Å²) in [6.45, 7) is 3.08. The zero-order valence-electron chi connectivity index (χ0n) is 13.1. The molecule has 0 saturated heterocycles. The molecule has 0 atom stereocenters. The van der Waals surface area contributed by atoms with Crippen molar-refractivity contribution in [3.63, 3.8) is 0 Å². The summed E-state index contributed by atoms with van der Waals surface area (Å²) in [7, 11) is 1.67. The van der Waals surface area contributed by atoms with Gasteiger partial charge in [0.1, 0.15) is 5.75 Å². The number of aryl methyl sites for hydroxylation is 1. The van der Waals surface area contributed by atoms with Gasteiger partial charge >= 0.3 is 0 Å². The normalized spacial score (nSPS) is 10.3. The van der Waals surface area contributed by atoms with Gasteiger partial charge in [0.05, 0.1) is 7.11 Å². The van der Waals surface area contributed by atoms with E-state index in [1.165, 1.54) is 0 Å². The summed E-state index contributed by atoms with van der Waals surface area (Å²) in [6.07, 6.45) is 0.767. The summed E-state index contributed by atoms with van der Waals surface area (Å²) in [5.74, 6) is 0.809. The van der Waals surface area contributed by atoms with Gasteiger partial charge < -0.3 is 15.8 Å². The minimum Gasteiger partial charge on any atom is -0.496 e. The summed E-state index contributed by atoms with van der Waals surface area (Å²) in [6, 6.07) is 13.4. The third-order valence-corrected chi connectivity index (χ3v) is 3.62. The maximum absolute atomic E-state index is 12.0. The van der Waals surface area contributed by atoms with Crippen molar-refractivity contribution in [2.45, 2.75) is 19.9 Å². The lowest BCUT2D eigenvalue weighted by atomic mass is 10.1. The van der Waals surface area contributed by atoms with Gasteiger partial charge in [-0.05, 0) is 48.2 Å². The topological polar surface area (TPSA) is 64.3 Å². The summed E-state index contributed by atoms with van der Waals surface area (Å²) in [5, 5.41) is 2.93. The van der Waals surface area contributed by atoms with Gasteiger partial charge in [-0.1, -0.05) is 24.3 Å². The monoisotopic (exact) mass is 298 g/mol. The fourth-order valence-electron chi connectivity index (χ4n) is 2.23. The molecule has 0 bridgehead atoms. The predicted octanol–water partition coefficient (Wildman–Crippen LogP) is 2.43. The molecular formula is C18H22N2O2. The van der Waals surface area contributed by atoms with Crippen LogP contribution in [-0.4, -0.2) is 19.6 Å². The molecule has 0 saturated carbocycles. The van der Waals surface area contributed by atoms with Gasteiger partial charge in [-0.25, -0.2) is 0 Å². The molecule has 1 amide bonds. The van der Waals surface area contributed by atoms with Crippen LogP contribution < -0.4 is 15.8 Å². The number of hydrogen-bond acceptors (Lipinski definition) is 3. The molecule has 22 heavy (non-hydrogen) atoms. The van der Waals surface area contributed by atoms with Crippen molar-refractivity contribution in [3.05, 3.63) is 64.7 Å². The van der Waals surface area contributed by atoms with Crippen molar-refractivity contribution >= 4 is 5.91 Å². The molecule has 0 aliphatic rings. The van der Waals surface area contributed by atoms with Gasteiger partial charge in [0, 0.05) is 18.7 Å². The van der Waals surface area contributed by atoms with E-state index in [2.05, 4.69) is 11.4 Å². The first-order valence-electron chi connectivity index (χ1n) is 7.34. The Hall–Kier alpha value is -2.33. The molecule has 4 nitrogen and oxygen atoms in total. The van der Waals surface area contributed by atoms with E-state index < -0.39 is 0 Å². The first-order chi connectivity index (χ1) is 10.6. The second-order valence-corrected chi connectivity index (χ2v) is 5.21. The fourth-order valence-corrected chi connectivity index (χ4v) is 2.23. The largest absolute Gasteiger partial charge is 0.496 e. The molecular weight excluding hydrogens is 276 g/mol. The highest BCUT2D eigenvalue weighted by molar-refractivity contribution is 5.94.